The van der Waals surface area contributed by atoms with Gasteiger partial charge in [-0.15, -0.1) is 0 Å². The maximum absolute atomic E-state index is 11.9. The molecule has 0 fully saturated rings. The summed E-state index contributed by atoms with van der Waals surface area (Å²) >= 11 is 0. The van der Waals surface area contributed by atoms with Gasteiger partial charge in [0.05, 0.1) is 13.5 Å². The first kappa shape index (κ1) is 13.1. The Bertz CT molecular complexity index is 684. The molecular weight excluding hydrogens is 248 g/mol. The zero-order chi connectivity index (χ0) is 14.0. The molecule has 1 aromatic heterocycles. The topological polar surface area (TPSA) is 76.7 Å². The largest absolute Gasteiger partial charge is 0.507 e. The highest BCUT2D eigenvalue weighted by atomic mass is 16.5. The Labute approximate surface area is 109 Å². The van der Waals surface area contributed by atoms with Crippen molar-refractivity contribution in [2.75, 3.05) is 7.11 Å². The zero-order valence-electron chi connectivity index (χ0n) is 10.7. The average Bonchev–Trinajstić information content (AvgIpc) is 2.34. The minimum absolute atomic E-state index is 0.0942. The number of ether oxygens (including phenoxy) is 1. The summed E-state index contributed by atoms with van der Waals surface area (Å²) in [5.74, 6) is -0.0639. The summed E-state index contributed by atoms with van der Waals surface area (Å²) in [4.78, 5) is 23.0. The van der Waals surface area contributed by atoms with Gasteiger partial charge >= 0.3 is 5.97 Å². The fourth-order valence-electron chi connectivity index (χ4n) is 1.90. The summed E-state index contributed by atoms with van der Waals surface area (Å²) in [5, 5.41) is 9.91. The molecule has 0 amide bonds. The van der Waals surface area contributed by atoms with E-state index >= 15 is 0 Å². The molecule has 2 rings (SSSR count). The second-order valence-corrected chi connectivity index (χ2v) is 4.31. The molecule has 2 aromatic rings. The van der Waals surface area contributed by atoms with Crippen LogP contribution < -0.4 is 5.43 Å². The van der Waals surface area contributed by atoms with Crippen molar-refractivity contribution in [1.29, 1.82) is 0 Å². The number of carbonyl (C=O) groups is 1. The molecule has 0 aliphatic rings. The molecule has 0 saturated carbocycles. The van der Waals surface area contributed by atoms with Crippen LogP contribution in [0.25, 0.3) is 11.0 Å². The molecule has 0 radical (unpaired) electrons. The Morgan fingerprint density at radius 2 is 2.11 bits per heavy atom. The summed E-state index contributed by atoms with van der Waals surface area (Å²) in [7, 11) is 1.31. The highest BCUT2D eigenvalue weighted by Crippen LogP contribution is 2.24. The Morgan fingerprint density at radius 1 is 1.37 bits per heavy atom. The zero-order valence-corrected chi connectivity index (χ0v) is 10.7. The van der Waals surface area contributed by atoms with Crippen molar-refractivity contribution in [2.24, 2.45) is 0 Å². The molecule has 5 nitrogen and oxygen atoms in total. The first-order valence-electron chi connectivity index (χ1n) is 5.84. The number of aryl methyl sites for hydroxylation is 2. The number of esters is 1. The van der Waals surface area contributed by atoms with Crippen LogP contribution in [-0.4, -0.2) is 18.2 Å². The van der Waals surface area contributed by atoms with Crippen molar-refractivity contribution < 1.29 is 19.1 Å². The van der Waals surface area contributed by atoms with Crippen LogP contribution in [-0.2, 0) is 16.0 Å². The van der Waals surface area contributed by atoms with Crippen LogP contribution in [0.15, 0.2) is 27.4 Å². The van der Waals surface area contributed by atoms with Gasteiger partial charge in [-0.25, -0.2) is 0 Å². The SMILES string of the molecule is COC(=O)CCc1cc(=O)c2c(O)cc(C)cc2o1. The monoisotopic (exact) mass is 262 g/mol. The number of methoxy groups -OCH3 is 1. The second kappa shape index (κ2) is 5.14. The first-order chi connectivity index (χ1) is 9.01. The predicted molar refractivity (Wildman–Crippen MR) is 69.2 cm³/mol. The standard InChI is InChI=1S/C14H14O5/c1-8-5-10(15)14-11(16)7-9(19-12(14)6-8)3-4-13(17)18-2/h5-7,15H,3-4H2,1-2H3. The van der Waals surface area contributed by atoms with Gasteiger partial charge in [-0.2, -0.15) is 0 Å². The van der Waals surface area contributed by atoms with E-state index in [4.69, 9.17) is 4.42 Å². The predicted octanol–water partition coefficient (Wildman–Crippen LogP) is 1.91. The quantitative estimate of drug-likeness (QED) is 0.855. The van der Waals surface area contributed by atoms with Crippen molar-refractivity contribution in [1.82, 2.24) is 0 Å². The molecule has 1 N–H and O–H groups in total. The second-order valence-electron chi connectivity index (χ2n) is 4.31. The molecule has 19 heavy (non-hydrogen) atoms. The van der Waals surface area contributed by atoms with Crippen LogP contribution >= 0.6 is 0 Å². The lowest BCUT2D eigenvalue weighted by molar-refractivity contribution is -0.140. The van der Waals surface area contributed by atoms with E-state index in [-0.39, 0.29) is 35.4 Å². The Kier molecular flexibility index (Phi) is 3.55. The number of carbonyl (C=O) groups excluding carboxylic acids is 1. The fraction of sp³-hybridized carbons (Fsp3) is 0.286. The summed E-state index contributed by atoms with van der Waals surface area (Å²) in [6.07, 6.45) is 0.426. The van der Waals surface area contributed by atoms with Gasteiger partial charge in [0.2, 0.25) is 0 Å². The third kappa shape index (κ3) is 2.76. The van der Waals surface area contributed by atoms with Crippen LogP contribution in [0.3, 0.4) is 0 Å². The van der Waals surface area contributed by atoms with Crippen LogP contribution in [0.4, 0.5) is 0 Å². The molecule has 0 atom stereocenters. The van der Waals surface area contributed by atoms with Crippen LogP contribution in [0, 0.1) is 6.92 Å². The van der Waals surface area contributed by atoms with Gasteiger partial charge in [-0.1, -0.05) is 0 Å². The third-order valence-corrected chi connectivity index (χ3v) is 2.81. The van der Waals surface area contributed by atoms with Crippen LogP contribution in [0.5, 0.6) is 5.75 Å². The maximum Gasteiger partial charge on any atom is 0.305 e. The molecule has 0 bridgehead atoms. The lowest BCUT2D eigenvalue weighted by Gasteiger charge is -2.05. The summed E-state index contributed by atoms with van der Waals surface area (Å²) in [5.41, 5.74) is 0.793. The van der Waals surface area contributed by atoms with Crippen molar-refractivity contribution in [3.05, 3.63) is 39.7 Å². The van der Waals surface area contributed by atoms with Gasteiger partial charge in [0.25, 0.3) is 0 Å². The summed E-state index contributed by atoms with van der Waals surface area (Å²) < 4.78 is 10.1. The molecule has 0 spiro atoms. The normalized spacial score (nSPS) is 10.6. The average molecular weight is 262 g/mol. The highest BCUT2D eigenvalue weighted by molar-refractivity contribution is 5.83. The van der Waals surface area contributed by atoms with Crippen molar-refractivity contribution >= 4 is 16.9 Å². The summed E-state index contributed by atoms with van der Waals surface area (Å²) in [6, 6.07) is 4.48. The molecule has 1 heterocycles. The number of hydrogen-bond donors (Lipinski definition) is 1. The Hall–Kier alpha value is -2.30. The van der Waals surface area contributed by atoms with Gasteiger partial charge in [-0.3, -0.25) is 9.59 Å². The van der Waals surface area contributed by atoms with Crippen LogP contribution in [0.2, 0.25) is 0 Å². The number of benzene rings is 1. The van der Waals surface area contributed by atoms with E-state index in [1.165, 1.54) is 19.2 Å². The summed E-state index contributed by atoms with van der Waals surface area (Å²) in [6.45, 7) is 1.79. The number of fused-ring (bicyclic) bond motifs is 1. The number of hydrogen-bond acceptors (Lipinski definition) is 5. The molecule has 0 saturated heterocycles. The first-order valence-corrected chi connectivity index (χ1v) is 5.84. The molecule has 1 aromatic carbocycles. The van der Waals surface area contributed by atoms with E-state index in [1.807, 2.05) is 0 Å². The van der Waals surface area contributed by atoms with E-state index in [0.29, 0.717) is 11.3 Å². The molecule has 5 heteroatoms. The van der Waals surface area contributed by atoms with E-state index in [1.54, 1.807) is 13.0 Å². The van der Waals surface area contributed by atoms with Gasteiger partial charge in [-0.05, 0) is 24.6 Å². The van der Waals surface area contributed by atoms with E-state index in [0.717, 1.165) is 5.56 Å². The van der Waals surface area contributed by atoms with Gasteiger partial charge in [0, 0.05) is 12.5 Å². The Balaban J connectivity index is 2.44. The minimum Gasteiger partial charge on any atom is -0.507 e. The lowest BCUT2D eigenvalue weighted by Crippen LogP contribution is -2.06. The molecule has 0 aliphatic carbocycles. The van der Waals surface area contributed by atoms with Gasteiger partial charge in [0.15, 0.2) is 5.43 Å². The molecule has 0 unspecified atom stereocenters. The number of phenolic OH excluding ortho intramolecular Hbond substituents is 1. The maximum atomic E-state index is 11.9. The lowest BCUT2D eigenvalue weighted by atomic mass is 10.1. The molecular formula is C14H14O5. The molecule has 100 valence electrons. The van der Waals surface area contributed by atoms with Crippen molar-refractivity contribution in [3.63, 3.8) is 0 Å². The highest BCUT2D eigenvalue weighted by Gasteiger charge is 2.11. The van der Waals surface area contributed by atoms with Gasteiger partial charge in [0.1, 0.15) is 22.5 Å². The van der Waals surface area contributed by atoms with E-state index < -0.39 is 0 Å². The third-order valence-electron chi connectivity index (χ3n) is 2.81. The van der Waals surface area contributed by atoms with Crippen LogP contribution in [0.1, 0.15) is 17.7 Å². The minimum atomic E-state index is -0.366. The van der Waals surface area contributed by atoms with Crippen molar-refractivity contribution in [3.8, 4) is 5.75 Å². The van der Waals surface area contributed by atoms with E-state index in [9.17, 15) is 14.7 Å². The Morgan fingerprint density at radius 3 is 2.79 bits per heavy atom. The number of phenols is 1. The van der Waals surface area contributed by atoms with Gasteiger partial charge < -0.3 is 14.3 Å². The molecule has 0 aliphatic heterocycles. The van der Waals surface area contributed by atoms with E-state index in [2.05, 4.69) is 4.74 Å². The van der Waals surface area contributed by atoms with Crippen molar-refractivity contribution in [2.45, 2.75) is 19.8 Å². The number of rotatable bonds is 3. The smallest absolute Gasteiger partial charge is 0.305 e. The fourth-order valence-corrected chi connectivity index (χ4v) is 1.90. The number of aromatic hydroxyl groups is 1.